The van der Waals surface area contributed by atoms with E-state index in [0.717, 1.165) is 6.54 Å². The van der Waals surface area contributed by atoms with Crippen LogP contribution in [0.2, 0.25) is 0 Å². The quantitative estimate of drug-likeness (QED) is 0.734. The van der Waals surface area contributed by atoms with Crippen LogP contribution < -0.4 is 5.43 Å². The zero-order valence-electron chi connectivity index (χ0n) is 7.35. The second-order valence-electron chi connectivity index (χ2n) is 2.94. The normalized spacial score (nSPS) is 14.3. The Kier molecular flexibility index (Phi) is 2.32. The number of allylic oxidation sites excluding steroid dienone is 2. The molecule has 1 heterocycles. The minimum atomic E-state index is 0.891. The highest BCUT2D eigenvalue weighted by molar-refractivity contribution is 5.15. The maximum Gasteiger partial charge on any atom is 0.0637 e. The lowest BCUT2D eigenvalue weighted by Gasteiger charge is -2.21. The Labute approximate surface area is 78.2 Å². The van der Waals surface area contributed by atoms with Gasteiger partial charge < -0.3 is 5.43 Å². The molecule has 1 aliphatic rings. The maximum absolute atomic E-state index is 3.13. The molecule has 0 bridgehead atoms. The summed E-state index contributed by atoms with van der Waals surface area (Å²) in [5.74, 6) is 0. The lowest BCUT2D eigenvalue weighted by atomic mass is 10.2. The Morgan fingerprint density at radius 1 is 1.08 bits per heavy atom. The van der Waals surface area contributed by atoms with Crippen molar-refractivity contribution in [1.29, 1.82) is 0 Å². The summed E-state index contributed by atoms with van der Waals surface area (Å²) < 4.78 is 0. The van der Waals surface area contributed by atoms with Gasteiger partial charge in [0.25, 0.3) is 0 Å². The second-order valence-corrected chi connectivity index (χ2v) is 2.94. The molecule has 66 valence electrons. The van der Waals surface area contributed by atoms with Crippen LogP contribution in [0.5, 0.6) is 0 Å². The number of nitrogens with zero attached hydrogens (tertiary/aromatic N) is 1. The Balaban J connectivity index is 1.99. The lowest BCUT2D eigenvalue weighted by molar-refractivity contribution is 0.304. The Hall–Kier alpha value is -1.70. The average molecular weight is 172 g/mol. The van der Waals surface area contributed by atoms with Gasteiger partial charge in [0, 0.05) is 12.4 Å². The Morgan fingerprint density at radius 3 is 2.62 bits per heavy atom. The van der Waals surface area contributed by atoms with Gasteiger partial charge in [0.1, 0.15) is 0 Å². The van der Waals surface area contributed by atoms with E-state index in [2.05, 4.69) is 29.7 Å². The standard InChI is InChI=1S/C11H12N2/c1-2-6-11(7-3-1)10-13-9-5-4-8-12-13/h1-9,12H,10H2. The van der Waals surface area contributed by atoms with E-state index in [-0.39, 0.29) is 0 Å². The maximum atomic E-state index is 3.13. The predicted molar refractivity (Wildman–Crippen MR) is 53.4 cm³/mol. The van der Waals surface area contributed by atoms with E-state index < -0.39 is 0 Å². The molecule has 1 aromatic carbocycles. The van der Waals surface area contributed by atoms with E-state index in [9.17, 15) is 0 Å². The van der Waals surface area contributed by atoms with Gasteiger partial charge in [-0.25, -0.2) is 0 Å². The fourth-order valence-electron chi connectivity index (χ4n) is 1.27. The first-order chi connectivity index (χ1) is 6.45. The molecule has 1 N–H and O–H groups in total. The van der Waals surface area contributed by atoms with Gasteiger partial charge in [-0.15, -0.1) is 0 Å². The Morgan fingerprint density at radius 2 is 1.92 bits per heavy atom. The summed E-state index contributed by atoms with van der Waals surface area (Å²) in [5, 5.41) is 2.04. The molecule has 2 heteroatoms. The van der Waals surface area contributed by atoms with Crippen LogP contribution >= 0.6 is 0 Å². The molecule has 2 rings (SSSR count). The molecule has 0 aliphatic carbocycles. The fraction of sp³-hybridized carbons (Fsp3) is 0.0909. The van der Waals surface area contributed by atoms with Crippen LogP contribution in [0.25, 0.3) is 0 Å². The van der Waals surface area contributed by atoms with Crippen molar-refractivity contribution in [3.8, 4) is 0 Å². The molecular formula is C11H12N2. The highest BCUT2D eigenvalue weighted by Gasteiger charge is 1.98. The molecule has 0 unspecified atom stereocenters. The Bertz CT molecular complexity index is 314. The summed E-state index contributed by atoms with van der Waals surface area (Å²) >= 11 is 0. The third-order valence-electron chi connectivity index (χ3n) is 1.91. The van der Waals surface area contributed by atoms with Crippen LogP contribution in [0.15, 0.2) is 54.9 Å². The van der Waals surface area contributed by atoms with Gasteiger partial charge in [-0.1, -0.05) is 30.3 Å². The first-order valence-corrected chi connectivity index (χ1v) is 4.35. The molecular weight excluding hydrogens is 160 g/mol. The summed E-state index contributed by atoms with van der Waals surface area (Å²) in [6, 6.07) is 10.4. The van der Waals surface area contributed by atoms with Crippen molar-refractivity contribution >= 4 is 0 Å². The molecule has 1 aliphatic heterocycles. The van der Waals surface area contributed by atoms with E-state index in [4.69, 9.17) is 0 Å². The molecule has 1 aromatic rings. The summed E-state index contributed by atoms with van der Waals surface area (Å²) in [4.78, 5) is 0. The van der Waals surface area contributed by atoms with Crippen LogP contribution in [-0.2, 0) is 6.54 Å². The second kappa shape index (κ2) is 3.81. The van der Waals surface area contributed by atoms with Crippen molar-refractivity contribution in [3.63, 3.8) is 0 Å². The number of hydrogen-bond donors (Lipinski definition) is 1. The summed E-state index contributed by atoms with van der Waals surface area (Å²) in [5.41, 5.74) is 4.43. The number of nitrogens with one attached hydrogen (secondary N) is 1. The predicted octanol–water partition coefficient (Wildman–Crippen LogP) is 2.03. The van der Waals surface area contributed by atoms with Crippen molar-refractivity contribution in [3.05, 3.63) is 60.4 Å². The molecule has 0 saturated heterocycles. The summed E-state index contributed by atoms with van der Waals surface area (Å²) in [7, 11) is 0. The first-order valence-electron chi connectivity index (χ1n) is 4.35. The molecule has 0 saturated carbocycles. The number of benzene rings is 1. The van der Waals surface area contributed by atoms with Crippen LogP contribution in [0.4, 0.5) is 0 Å². The van der Waals surface area contributed by atoms with E-state index >= 15 is 0 Å². The third-order valence-corrected chi connectivity index (χ3v) is 1.91. The fourth-order valence-corrected chi connectivity index (χ4v) is 1.27. The minimum Gasteiger partial charge on any atom is -0.306 e. The smallest absolute Gasteiger partial charge is 0.0637 e. The highest BCUT2D eigenvalue weighted by atomic mass is 15.5. The molecule has 13 heavy (non-hydrogen) atoms. The largest absolute Gasteiger partial charge is 0.306 e. The van der Waals surface area contributed by atoms with Gasteiger partial charge >= 0.3 is 0 Å². The highest BCUT2D eigenvalue weighted by Crippen LogP contribution is 2.04. The molecule has 0 spiro atoms. The van der Waals surface area contributed by atoms with Crippen LogP contribution in [0, 0.1) is 0 Å². The van der Waals surface area contributed by atoms with Crippen molar-refractivity contribution in [2.75, 3.05) is 0 Å². The van der Waals surface area contributed by atoms with Gasteiger partial charge in [0.05, 0.1) is 6.54 Å². The number of hydrazine groups is 1. The molecule has 0 radical (unpaired) electrons. The van der Waals surface area contributed by atoms with Crippen LogP contribution in [0.1, 0.15) is 5.56 Å². The van der Waals surface area contributed by atoms with Gasteiger partial charge in [-0.2, -0.15) is 0 Å². The van der Waals surface area contributed by atoms with Crippen molar-refractivity contribution in [1.82, 2.24) is 10.4 Å². The molecule has 0 aromatic heterocycles. The number of hydrogen-bond acceptors (Lipinski definition) is 2. The zero-order chi connectivity index (χ0) is 8.93. The molecule has 0 amide bonds. The molecule has 2 nitrogen and oxygen atoms in total. The van der Waals surface area contributed by atoms with Crippen molar-refractivity contribution < 1.29 is 0 Å². The first kappa shape index (κ1) is 7.92. The zero-order valence-corrected chi connectivity index (χ0v) is 7.35. The van der Waals surface area contributed by atoms with E-state index in [1.165, 1.54) is 5.56 Å². The summed E-state index contributed by atoms with van der Waals surface area (Å²) in [6.07, 6.45) is 7.93. The third kappa shape index (κ3) is 2.12. The van der Waals surface area contributed by atoms with Crippen LogP contribution in [0.3, 0.4) is 0 Å². The van der Waals surface area contributed by atoms with Crippen LogP contribution in [-0.4, -0.2) is 5.01 Å². The van der Waals surface area contributed by atoms with E-state index in [0.29, 0.717) is 0 Å². The molecule has 0 atom stereocenters. The lowest BCUT2D eigenvalue weighted by Crippen LogP contribution is -2.29. The van der Waals surface area contributed by atoms with Gasteiger partial charge in [0.2, 0.25) is 0 Å². The van der Waals surface area contributed by atoms with Gasteiger partial charge in [-0.05, 0) is 17.7 Å². The number of rotatable bonds is 2. The van der Waals surface area contributed by atoms with Crippen molar-refractivity contribution in [2.24, 2.45) is 0 Å². The van der Waals surface area contributed by atoms with Gasteiger partial charge in [-0.3, -0.25) is 5.01 Å². The summed E-state index contributed by atoms with van der Waals surface area (Å²) in [6.45, 7) is 0.891. The molecule has 0 fully saturated rings. The SMILES string of the molecule is C1=CNN(Cc2ccccc2)C=C1. The van der Waals surface area contributed by atoms with E-state index in [1.54, 1.807) is 0 Å². The van der Waals surface area contributed by atoms with Gasteiger partial charge in [0.15, 0.2) is 0 Å². The van der Waals surface area contributed by atoms with Crippen molar-refractivity contribution in [2.45, 2.75) is 6.54 Å². The van der Waals surface area contributed by atoms with E-state index in [1.807, 2.05) is 35.6 Å². The topological polar surface area (TPSA) is 15.3 Å². The monoisotopic (exact) mass is 172 g/mol. The minimum absolute atomic E-state index is 0.891. The average Bonchev–Trinajstić information content (AvgIpc) is 2.21.